The molecule has 1 N–H and O–H groups in total. The molecule has 0 heterocycles. The van der Waals surface area contributed by atoms with Gasteiger partial charge >= 0.3 is 0 Å². The van der Waals surface area contributed by atoms with E-state index in [2.05, 4.69) is 10.5 Å². The Kier molecular flexibility index (Phi) is 6.22. The summed E-state index contributed by atoms with van der Waals surface area (Å²) >= 11 is 0. The fourth-order valence-electron chi connectivity index (χ4n) is 2.13. The lowest BCUT2D eigenvalue weighted by molar-refractivity contribution is 0.0952. The molecule has 25 heavy (non-hydrogen) atoms. The van der Waals surface area contributed by atoms with Crippen molar-refractivity contribution in [1.29, 1.82) is 0 Å². The average Bonchev–Trinajstić information content (AvgIpc) is 2.67. The standard InChI is InChI=1S/C18H20N2O5/c1-22-13-6-5-12(16(9-13)24-3)11-19-20-18(21)15-8-7-14(23-2)10-17(15)25-4/h5-11H,1-4H3,(H,20,21)/b19-11-. The van der Waals surface area contributed by atoms with E-state index < -0.39 is 5.91 Å². The van der Waals surface area contributed by atoms with Crippen molar-refractivity contribution in [2.75, 3.05) is 28.4 Å². The number of hydrazone groups is 1. The van der Waals surface area contributed by atoms with Crippen LogP contribution in [0.15, 0.2) is 41.5 Å². The Labute approximate surface area is 146 Å². The topological polar surface area (TPSA) is 78.4 Å². The first-order valence-corrected chi connectivity index (χ1v) is 7.40. The first kappa shape index (κ1) is 18.1. The lowest BCUT2D eigenvalue weighted by Gasteiger charge is -2.09. The summed E-state index contributed by atoms with van der Waals surface area (Å²) in [6.45, 7) is 0. The average molecular weight is 344 g/mol. The molecule has 0 unspecified atom stereocenters. The minimum Gasteiger partial charge on any atom is -0.497 e. The van der Waals surface area contributed by atoms with Crippen LogP contribution in [0.25, 0.3) is 0 Å². The van der Waals surface area contributed by atoms with E-state index in [4.69, 9.17) is 18.9 Å². The van der Waals surface area contributed by atoms with Gasteiger partial charge in [-0.1, -0.05) is 0 Å². The summed E-state index contributed by atoms with van der Waals surface area (Å²) in [4.78, 5) is 12.3. The molecule has 2 rings (SSSR count). The number of ether oxygens (including phenoxy) is 4. The van der Waals surface area contributed by atoms with Crippen LogP contribution in [0.3, 0.4) is 0 Å². The molecular weight excluding hydrogens is 324 g/mol. The van der Waals surface area contributed by atoms with Gasteiger partial charge in [0.05, 0.1) is 40.2 Å². The first-order valence-electron chi connectivity index (χ1n) is 7.40. The maximum absolute atomic E-state index is 12.3. The van der Waals surface area contributed by atoms with Gasteiger partial charge in [-0.3, -0.25) is 4.79 Å². The Hall–Kier alpha value is -3.22. The second-order valence-electron chi connectivity index (χ2n) is 4.87. The highest BCUT2D eigenvalue weighted by Gasteiger charge is 2.12. The highest BCUT2D eigenvalue weighted by atomic mass is 16.5. The van der Waals surface area contributed by atoms with Gasteiger partial charge < -0.3 is 18.9 Å². The summed E-state index contributed by atoms with van der Waals surface area (Å²) in [5.41, 5.74) is 3.51. The molecule has 0 aliphatic carbocycles. The molecule has 0 radical (unpaired) electrons. The molecule has 0 aliphatic heterocycles. The van der Waals surface area contributed by atoms with Crippen LogP contribution in [0, 0.1) is 0 Å². The van der Waals surface area contributed by atoms with Crippen molar-refractivity contribution >= 4 is 12.1 Å². The molecule has 0 aromatic heterocycles. The molecular formula is C18H20N2O5. The van der Waals surface area contributed by atoms with Crippen molar-refractivity contribution in [2.45, 2.75) is 0 Å². The molecule has 132 valence electrons. The molecule has 0 bridgehead atoms. The zero-order chi connectivity index (χ0) is 18.2. The molecule has 0 saturated carbocycles. The van der Waals surface area contributed by atoms with Gasteiger partial charge in [-0.15, -0.1) is 0 Å². The minimum absolute atomic E-state index is 0.349. The Morgan fingerprint density at radius 3 is 2.08 bits per heavy atom. The molecule has 0 atom stereocenters. The summed E-state index contributed by atoms with van der Waals surface area (Å²) in [6, 6.07) is 10.2. The molecule has 1 amide bonds. The number of carbonyl (C=O) groups is 1. The zero-order valence-electron chi connectivity index (χ0n) is 14.5. The van der Waals surface area contributed by atoms with E-state index in [0.717, 1.165) is 0 Å². The van der Waals surface area contributed by atoms with Gasteiger partial charge in [-0.25, -0.2) is 5.43 Å². The Bertz CT molecular complexity index is 774. The van der Waals surface area contributed by atoms with E-state index in [9.17, 15) is 4.79 Å². The van der Waals surface area contributed by atoms with E-state index >= 15 is 0 Å². The summed E-state index contributed by atoms with van der Waals surface area (Å²) in [5.74, 6) is 1.84. The fourth-order valence-corrected chi connectivity index (χ4v) is 2.13. The maximum Gasteiger partial charge on any atom is 0.275 e. The zero-order valence-corrected chi connectivity index (χ0v) is 14.5. The van der Waals surface area contributed by atoms with Crippen LogP contribution in [0.2, 0.25) is 0 Å². The van der Waals surface area contributed by atoms with Crippen molar-refractivity contribution in [2.24, 2.45) is 5.10 Å². The van der Waals surface area contributed by atoms with Gasteiger partial charge in [-0.05, 0) is 24.3 Å². The monoisotopic (exact) mass is 344 g/mol. The quantitative estimate of drug-likeness (QED) is 0.617. The van der Waals surface area contributed by atoms with Crippen molar-refractivity contribution < 1.29 is 23.7 Å². The number of hydrogen-bond acceptors (Lipinski definition) is 6. The number of nitrogens with zero attached hydrogens (tertiary/aromatic N) is 1. The van der Waals surface area contributed by atoms with Crippen LogP contribution < -0.4 is 24.4 Å². The number of carbonyl (C=O) groups excluding carboxylic acids is 1. The largest absolute Gasteiger partial charge is 0.497 e. The lowest BCUT2D eigenvalue weighted by atomic mass is 10.2. The molecule has 7 heteroatoms. The third kappa shape index (κ3) is 4.41. The smallest absolute Gasteiger partial charge is 0.275 e. The molecule has 0 aliphatic rings. The molecule has 0 fully saturated rings. The second-order valence-corrected chi connectivity index (χ2v) is 4.87. The Balaban J connectivity index is 2.13. The highest BCUT2D eigenvalue weighted by Crippen LogP contribution is 2.25. The van der Waals surface area contributed by atoms with Gasteiger partial charge in [0.2, 0.25) is 0 Å². The molecule has 2 aromatic carbocycles. The number of amides is 1. The lowest BCUT2D eigenvalue weighted by Crippen LogP contribution is -2.18. The fraction of sp³-hybridized carbons (Fsp3) is 0.222. The molecule has 0 spiro atoms. The van der Waals surface area contributed by atoms with E-state index in [-0.39, 0.29) is 0 Å². The maximum atomic E-state index is 12.3. The van der Waals surface area contributed by atoms with Crippen molar-refractivity contribution in [3.05, 3.63) is 47.5 Å². The van der Waals surface area contributed by atoms with Gasteiger partial charge in [0.15, 0.2) is 0 Å². The van der Waals surface area contributed by atoms with E-state index in [1.54, 1.807) is 57.7 Å². The number of rotatable bonds is 7. The number of hydrogen-bond donors (Lipinski definition) is 1. The van der Waals surface area contributed by atoms with Crippen LogP contribution in [0.1, 0.15) is 15.9 Å². The normalized spacial score (nSPS) is 10.4. The van der Waals surface area contributed by atoms with Crippen molar-refractivity contribution in [3.8, 4) is 23.0 Å². The minimum atomic E-state index is -0.400. The highest BCUT2D eigenvalue weighted by molar-refractivity contribution is 5.97. The van der Waals surface area contributed by atoms with Crippen LogP contribution in [0.5, 0.6) is 23.0 Å². The van der Waals surface area contributed by atoms with Gasteiger partial charge in [0, 0.05) is 17.7 Å². The first-order chi connectivity index (χ1) is 12.1. The number of methoxy groups -OCH3 is 4. The van der Waals surface area contributed by atoms with Crippen LogP contribution in [-0.4, -0.2) is 40.6 Å². The predicted molar refractivity (Wildman–Crippen MR) is 94.2 cm³/mol. The van der Waals surface area contributed by atoms with Gasteiger partial charge in [0.1, 0.15) is 23.0 Å². The van der Waals surface area contributed by atoms with Crippen LogP contribution in [-0.2, 0) is 0 Å². The van der Waals surface area contributed by atoms with Crippen molar-refractivity contribution in [1.82, 2.24) is 5.43 Å². The summed E-state index contributed by atoms with van der Waals surface area (Å²) in [6.07, 6.45) is 1.49. The van der Waals surface area contributed by atoms with E-state index in [1.165, 1.54) is 13.3 Å². The molecule has 7 nitrogen and oxygen atoms in total. The van der Waals surface area contributed by atoms with Gasteiger partial charge in [0.25, 0.3) is 5.91 Å². The summed E-state index contributed by atoms with van der Waals surface area (Å²) < 4.78 is 20.7. The SMILES string of the molecule is COc1ccc(/C=N\NC(=O)c2ccc(OC)cc2OC)c(OC)c1. The van der Waals surface area contributed by atoms with E-state index in [0.29, 0.717) is 34.1 Å². The van der Waals surface area contributed by atoms with Crippen LogP contribution >= 0.6 is 0 Å². The second kappa shape index (κ2) is 8.58. The van der Waals surface area contributed by atoms with Gasteiger partial charge in [-0.2, -0.15) is 5.10 Å². The molecule has 0 saturated heterocycles. The number of nitrogens with one attached hydrogen (secondary N) is 1. The third-order valence-corrected chi connectivity index (χ3v) is 3.46. The Morgan fingerprint density at radius 2 is 1.48 bits per heavy atom. The predicted octanol–water partition coefficient (Wildman–Crippen LogP) is 2.48. The third-order valence-electron chi connectivity index (χ3n) is 3.46. The van der Waals surface area contributed by atoms with Crippen LogP contribution in [0.4, 0.5) is 0 Å². The van der Waals surface area contributed by atoms with Crippen molar-refractivity contribution in [3.63, 3.8) is 0 Å². The van der Waals surface area contributed by atoms with E-state index in [1.807, 2.05) is 0 Å². The number of benzene rings is 2. The Morgan fingerprint density at radius 1 is 0.880 bits per heavy atom. The molecule has 2 aromatic rings. The summed E-state index contributed by atoms with van der Waals surface area (Å²) in [7, 11) is 6.15. The summed E-state index contributed by atoms with van der Waals surface area (Å²) in [5, 5.41) is 3.97.